The van der Waals surface area contributed by atoms with Gasteiger partial charge in [0.05, 0.1) is 25.3 Å². The topological polar surface area (TPSA) is 58.0 Å². The van der Waals surface area contributed by atoms with Gasteiger partial charge in [-0.25, -0.2) is 0 Å². The lowest BCUT2D eigenvalue weighted by Gasteiger charge is -2.39. The molecule has 37 heavy (non-hydrogen) atoms. The van der Waals surface area contributed by atoms with Gasteiger partial charge in [0.2, 0.25) is 5.91 Å². The fourth-order valence-corrected chi connectivity index (χ4v) is 5.06. The molecule has 0 spiro atoms. The molecule has 1 aliphatic heterocycles. The zero-order valence-electron chi connectivity index (χ0n) is 21.1. The summed E-state index contributed by atoms with van der Waals surface area (Å²) in [6, 6.07) is 32.0. The Balaban J connectivity index is 1.28. The van der Waals surface area contributed by atoms with Gasteiger partial charge in [-0.1, -0.05) is 60.7 Å². The molecule has 1 fully saturated rings. The first-order valence-electron chi connectivity index (χ1n) is 12.8. The third-order valence-corrected chi connectivity index (χ3v) is 7.06. The number of piperazine rings is 1. The van der Waals surface area contributed by atoms with Crippen molar-refractivity contribution in [2.45, 2.75) is 12.0 Å². The van der Waals surface area contributed by atoms with Gasteiger partial charge in [0, 0.05) is 38.4 Å². The van der Waals surface area contributed by atoms with E-state index in [1.807, 2.05) is 84.9 Å². The predicted octanol–water partition coefficient (Wildman–Crippen LogP) is 5.10. The summed E-state index contributed by atoms with van der Waals surface area (Å²) in [5.41, 5.74) is 3.15. The number of furan rings is 1. The van der Waals surface area contributed by atoms with Gasteiger partial charge in [0.25, 0.3) is 0 Å². The number of benzene rings is 3. The van der Waals surface area contributed by atoms with Crippen LogP contribution in [0.2, 0.25) is 0 Å². The number of nitrogens with one attached hydrogen (secondary N) is 1. The van der Waals surface area contributed by atoms with E-state index < -0.39 is 0 Å². The van der Waals surface area contributed by atoms with Crippen LogP contribution in [-0.2, 0) is 4.79 Å². The molecule has 0 bridgehead atoms. The van der Waals surface area contributed by atoms with Crippen LogP contribution in [0.15, 0.2) is 108 Å². The molecular weight excluding hydrogens is 462 g/mol. The third kappa shape index (κ3) is 5.87. The van der Waals surface area contributed by atoms with Gasteiger partial charge in [-0.15, -0.1) is 0 Å². The van der Waals surface area contributed by atoms with E-state index in [-0.39, 0.29) is 17.9 Å². The van der Waals surface area contributed by atoms with Gasteiger partial charge in [0.15, 0.2) is 0 Å². The molecule has 6 heteroatoms. The quantitative estimate of drug-likeness (QED) is 0.350. The fourth-order valence-electron chi connectivity index (χ4n) is 5.06. The number of carbonyl (C=O) groups is 1. The van der Waals surface area contributed by atoms with Crippen LogP contribution >= 0.6 is 0 Å². The molecule has 3 aromatic carbocycles. The lowest BCUT2D eigenvalue weighted by molar-refractivity contribution is -0.122. The third-order valence-electron chi connectivity index (χ3n) is 7.06. The number of amides is 1. The first kappa shape index (κ1) is 24.7. The largest absolute Gasteiger partial charge is 0.497 e. The number of hydrogen-bond acceptors (Lipinski definition) is 5. The number of rotatable bonds is 9. The van der Waals surface area contributed by atoms with Gasteiger partial charge in [-0.05, 0) is 47.5 Å². The maximum absolute atomic E-state index is 13.6. The second-order valence-corrected chi connectivity index (χ2v) is 9.25. The Kier molecular flexibility index (Phi) is 7.87. The molecule has 5 rings (SSSR count). The minimum absolute atomic E-state index is 0.00850. The van der Waals surface area contributed by atoms with Crippen LogP contribution < -0.4 is 15.0 Å². The first-order valence-corrected chi connectivity index (χ1v) is 12.8. The molecule has 190 valence electrons. The van der Waals surface area contributed by atoms with E-state index in [0.29, 0.717) is 6.54 Å². The van der Waals surface area contributed by atoms with Crippen molar-refractivity contribution >= 4 is 11.6 Å². The molecular formula is C31H33N3O3. The first-order chi connectivity index (χ1) is 18.2. The van der Waals surface area contributed by atoms with Crippen molar-refractivity contribution in [2.75, 3.05) is 44.7 Å². The summed E-state index contributed by atoms with van der Waals surface area (Å²) < 4.78 is 11.1. The van der Waals surface area contributed by atoms with E-state index >= 15 is 0 Å². The average Bonchev–Trinajstić information content (AvgIpc) is 3.50. The highest BCUT2D eigenvalue weighted by molar-refractivity contribution is 5.87. The zero-order chi connectivity index (χ0) is 25.5. The van der Waals surface area contributed by atoms with Crippen LogP contribution in [0, 0.1) is 0 Å². The highest BCUT2D eigenvalue weighted by atomic mass is 16.5. The van der Waals surface area contributed by atoms with Gasteiger partial charge < -0.3 is 19.4 Å². The molecule has 1 unspecified atom stereocenters. The maximum atomic E-state index is 13.6. The van der Waals surface area contributed by atoms with Crippen molar-refractivity contribution in [3.05, 3.63) is 120 Å². The van der Waals surface area contributed by atoms with Crippen molar-refractivity contribution in [1.29, 1.82) is 0 Å². The molecule has 0 radical (unpaired) electrons. The lowest BCUT2D eigenvalue weighted by Crippen LogP contribution is -2.50. The minimum Gasteiger partial charge on any atom is -0.497 e. The Hall–Kier alpha value is -4.03. The van der Waals surface area contributed by atoms with Gasteiger partial charge in [0.1, 0.15) is 11.5 Å². The summed E-state index contributed by atoms with van der Waals surface area (Å²) in [6.45, 7) is 4.01. The smallest absolute Gasteiger partial charge is 0.232 e. The summed E-state index contributed by atoms with van der Waals surface area (Å²) in [7, 11) is 1.68. The molecule has 2 heterocycles. The normalized spacial score (nSPS) is 14.9. The number of anilines is 1. The van der Waals surface area contributed by atoms with Gasteiger partial charge >= 0.3 is 0 Å². The van der Waals surface area contributed by atoms with E-state index in [0.717, 1.165) is 48.8 Å². The molecule has 1 aromatic heterocycles. The van der Waals surface area contributed by atoms with Crippen molar-refractivity contribution in [2.24, 2.45) is 0 Å². The highest BCUT2D eigenvalue weighted by Crippen LogP contribution is 2.28. The number of methoxy groups -OCH3 is 1. The standard InChI is InChI=1S/C31H33N3O3/c1-36-27-16-14-26(15-17-27)33-18-20-34(21-19-33)28(29-13-8-22-37-29)23-32-31(35)30(24-9-4-2-5-10-24)25-11-6-3-7-12-25/h2-17,22,28,30H,18-21,23H2,1H3,(H,32,35). The zero-order valence-corrected chi connectivity index (χ0v) is 21.1. The summed E-state index contributed by atoms with van der Waals surface area (Å²) in [6.07, 6.45) is 1.70. The SMILES string of the molecule is COc1ccc(N2CCN(C(CNC(=O)C(c3ccccc3)c3ccccc3)c3ccco3)CC2)cc1. The van der Waals surface area contributed by atoms with Gasteiger partial charge in [-0.2, -0.15) is 0 Å². The second kappa shape index (κ2) is 11.8. The van der Waals surface area contributed by atoms with Crippen LogP contribution in [0.25, 0.3) is 0 Å². The lowest BCUT2D eigenvalue weighted by atomic mass is 9.90. The molecule has 6 nitrogen and oxygen atoms in total. The molecule has 1 amide bonds. The maximum Gasteiger partial charge on any atom is 0.232 e. The van der Waals surface area contributed by atoms with Crippen LogP contribution in [-0.4, -0.2) is 50.6 Å². The molecule has 1 N–H and O–H groups in total. The number of hydrogen-bond donors (Lipinski definition) is 1. The molecule has 1 saturated heterocycles. The van der Waals surface area contributed by atoms with Crippen molar-refractivity contribution < 1.29 is 13.9 Å². The summed E-state index contributed by atoms with van der Waals surface area (Å²) >= 11 is 0. The van der Waals surface area contributed by atoms with E-state index in [4.69, 9.17) is 9.15 Å². The Morgan fingerprint density at radius 1 is 0.838 bits per heavy atom. The predicted molar refractivity (Wildman–Crippen MR) is 146 cm³/mol. The van der Waals surface area contributed by atoms with Crippen molar-refractivity contribution in [1.82, 2.24) is 10.2 Å². The number of nitrogens with zero attached hydrogens (tertiary/aromatic N) is 2. The Labute approximate surface area is 218 Å². The highest BCUT2D eigenvalue weighted by Gasteiger charge is 2.29. The summed E-state index contributed by atoms with van der Waals surface area (Å²) in [4.78, 5) is 18.4. The molecule has 4 aromatic rings. The van der Waals surface area contributed by atoms with E-state index in [1.54, 1.807) is 13.4 Å². The molecule has 1 atom stereocenters. The molecule has 1 aliphatic rings. The van der Waals surface area contributed by atoms with E-state index in [1.165, 1.54) is 5.69 Å². The number of carbonyl (C=O) groups excluding carboxylic acids is 1. The monoisotopic (exact) mass is 495 g/mol. The summed E-state index contributed by atoms with van der Waals surface area (Å²) in [5, 5.41) is 3.25. The second-order valence-electron chi connectivity index (χ2n) is 9.25. The average molecular weight is 496 g/mol. The molecule has 0 aliphatic carbocycles. The van der Waals surface area contributed by atoms with E-state index in [9.17, 15) is 4.79 Å². The Morgan fingerprint density at radius 2 is 1.46 bits per heavy atom. The Bertz CT molecular complexity index is 1200. The van der Waals surface area contributed by atoms with Crippen LogP contribution in [0.3, 0.4) is 0 Å². The van der Waals surface area contributed by atoms with Crippen LogP contribution in [0.4, 0.5) is 5.69 Å². The van der Waals surface area contributed by atoms with E-state index in [2.05, 4.69) is 27.2 Å². The van der Waals surface area contributed by atoms with Crippen LogP contribution in [0.5, 0.6) is 5.75 Å². The van der Waals surface area contributed by atoms with Gasteiger partial charge in [-0.3, -0.25) is 9.69 Å². The van der Waals surface area contributed by atoms with Crippen molar-refractivity contribution in [3.8, 4) is 5.75 Å². The number of ether oxygens (including phenoxy) is 1. The van der Waals surface area contributed by atoms with Crippen LogP contribution in [0.1, 0.15) is 28.8 Å². The molecule has 0 saturated carbocycles. The minimum atomic E-state index is -0.369. The fraction of sp³-hybridized carbons (Fsp3) is 0.258. The Morgan fingerprint density at radius 3 is 2.00 bits per heavy atom. The van der Waals surface area contributed by atoms with Crippen molar-refractivity contribution in [3.63, 3.8) is 0 Å². The summed E-state index contributed by atoms with van der Waals surface area (Å²) in [5.74, 6) is 1.35.